The minimum absolute atomic E-state index is 0.0526. The molecule has 0 bridgehead atoms. The van der Waals surface area contributed by atoms with E-state index in [0.29, 0.717) is 6.42 Å². The Balaban J connectivity index is 0.000000454. The van der Waals surface area contributed by atoms with Gasteiger partial charge in [-0.25, -0.2) is 26.4 Å². The number of aromatic carboxylic acids is 2. The van der Waals surface area contributed by atoms with E-state index in [2.05, 4.69) is 22.6 Å². The molecule has 0 aromatic heterocycles. The number of carbonyl (C=O) groups is 2. The molecule has 0 radical (unpaired) electrons. The van der Waals surface area contributed by atoms with Gasteiger partial charge in [0.2, 0.25) is 20.0 Å². The number of benzene rings is 2. The number of carboxylic acid groups (broad SMARTS) is 2. The molecule has 0 aliphatic heterocycles. The third-order valence-electron chi connectivity index (χ3n) is 5.98. The summed E-state index contributed by atoms with van der Waals surface area (Å²) in [6, 6.07) is 10.5. The Kier molecular flexibility index (Phi) is 15.5. The molecule has 1 atom stereocenters. The number of para-hydroxylation sites is 1. The predicted molar refractivity (Wildman–Crippen MR) is 182 cm³/mol. The second-order valence-corrected chi connectivity index (χ2v) is 13.5. The molecule has 2 aromatic rings. The fourth-order valence-corrected chi connectivity index (χ4v) is 5.43. The minimum atomic E-state index is -3.75. The third kappa shape index (κ3) is 13.7. The van der Waals surface area contributed by atoms with Crippen LogP contribution < -0.4 is 9.44 Å². The molecule has 0 amide bonds. The number of aryl methyl sites for hydroxylation is 1. The van der Waals surface area contributed by atoms with Crippen LogP contribution in [0.1, 0.15) is 54.0 Å². The topological polar surface area (TPSA) is 167 Å². The third-order valence-corrected chi connectivity index (χ3v) is 8.78. The molecule has 2 rings (SSSR count). The van der Waals surface area contributed by atoms with Crippen molar-refractivity contribution in [1.29, 1.82) is 0 Å². The average Bonchev–Trinajstić information content (AvgIpc) is 2.96. The molecule has 2 aromatic carbocycles. The fourth-order valence-electron chi connectivity index (χ4n) is 3.53. The highest BCUT2D eigenvalue weighted by molar-refractivity contribution is 7.93. The van der Waals surface area contributed by atoms with Crippen molar-refractivity contribution in [3.8, 4) is 0 Å². The SMILES string of the molecule is C=C/C=C(C)\C=C/C(C)S(=O)(=O)Nc1ccc(CC)cc1C(=O)O.C=C/C=C(C)\C=C/CS(=O)(=O)Nc1ccccc1C(=O)O. The van der Waals surface area contributed by atoms with Crippen molar-refractivity contribution in [1.82, 2.24) is 0 Å². The molecule has 45 heavy (non-hydrogen) atoms. The molecule has 1 unspecified atom stereocenters. The zero-order valence-electron chi connectivity index (χ0n) is 25.7. The van der Waals surface area contributed by atoms with Crippen LogP contribution >= 0.6 is 0 Å². The van der Waals surface area contributed by atoms with Crippen LogP contribution in [0.5, 0.6) is 0 Å². The number of hydrogen-bond acceptors (Lipinski definition) is 6. The van der Waals surface area contributed by atoms with Gasteiger partial charge in [0.1, 0.15) is 0 Å². The minimum Gasteiger partial charge on any atom is -0.478 e. The molecule has 0 fully saturated rings. The Morgan fingerprint density at radius 2 is 1.40 bits per heavy atom. The first kappa shape index (κ1) is 38.3. The summed E-state index contributed by atoms with van der Waals surface area (Å²) >= 11 is 0. The van der Waals surface area contributed by atoms with E-state index in [1.807, 2.05) is 20.8 Å². The predicted octanol–water partition coefficient (Wildman–Crippen LogP) is 6.58. The highest BCUT2D eigenvalue weighted by Gasteiger charge is 2.21. The molecule has 0 spiro atoms. The van der Waals surface area contributed by atoms with Gasteiger partial charge in [-0.3, -0.25) is 9.44 Å². The summed E-state index contributed by atoms with van der Waals surface area (Å²) in [7, 11) is -7.41. The van der Waals surface area contributed by atoms with Crippen molar-refractivity contribution < 1.29 is 36.6 Å². The van der Waals surface area contributed by atoms with Crippen molar-refractivity contribution in [3.63, 3.8) is 0 Å². The largest absolute Gasteiger partial charge is 0.478 e. The number of rotatable bonds is 15. The Morgan fingerprint density at radius 1 is 0.844 bits per heavy atom. The summed E-state index contributed by atoms with van der Waals surface area (Å²) < 4.78 is 53.3. The summed E-state index contributed by atoms with van der Waals surface area (Å²) in [6.45, 7) is 14.2. The van der Waals surface area contributed by atoms with Crippen LogP contribution in [-0.2, 0) is 26.5 Å². The maximum Gasteiger partial charge on any atom is 0.337 e. The van der Waals surface area contributed by atoms with E-state index >= 15 is 0 Å². The number of anilines is 2. The Morgan fingerprint density at radius 3 is 1.96 bits per heavy atom. The molecular weight excluding hydrogens is 617 g/mol. The second kappa shape index (κ2) is 18.2. The fraction of sp³-hybridized carbons (Fsp3) is 0.212. The molecule has 0 aliphatic carbocycles. The number of nitrogens with one attached hydrogen (secondary N) is 2. The van der Waals surface area contributed by atoms with Gasteiger partial charge in [-0.1, -0.05) is 98.0 Å². The lowest BCUT2D eigenvalue weighted by atomic mass is 10.1. The summed E-state index contributed by atoms with van der Waals surface area (Å²) in [5.74, 6) is -2.60. The van der Waals surface area contributed by atoms with E-state index in [0.717, 1.165) is 16.7 Å². The van der Waals surface area contributed by atoms with Crippen LogP contribution in [0.25, 0.3) is 0 Å². The van der Waals surface area contributed by atoms with E-state index in [1.165, 1.54) is 43.3 Å². The highest BCUT2D eigenvalue weighted by atomic mass is 32.2. The molecule has 0 saturated carbocycles. The van der Waals surface area contributed by atoms with Gasteiger partial charge in [-0.15, -0.1) is 0 Å². The molecular formula is C33H40N2O8S2. The zero-order valence-corrected chi connectivity index (χ0v) is 27.4. The van der Waals surface area contributed by atoms with E-state index < -0.39 is 37.2 Å². The van der Waals surface area contributed by atoms with Crippen LogP contribution in [0, 0.1) is 0 Å². The summed E-state index contributed by atoms with van der Waals surface area (Å²) in [5.41, 5.74) is 2.53. The maximum atomic E-state index is 12.4. The monoisotopic (exact) mass is 656 g/mol. The normalized spacial score (nSPS) is 13.1. The molecule has 0 aliphatic rings. The lowest BCUT2D eigenvalue weighted by Crippen LogP contribution is -2.24. The Hall–Kier alpha value is -4.68. The molecule has 4 N–H and O–H groups in total. The van der Waals surface area contributed by atoms with Crippen LogP contribution in [0.4, 0.5) is 11.4 Å². The van der Waals surface area contributed by atoms with Gasteiger partial charge in [0.05, 0.1) is 33.5 Å². The van der Waals surface area contributed by atoms with Gasteiger partial charge >= 0.3 is 11.9 Å². The lowest BCUT2D eigenvalue weighted by molar-refractivity contribution is 0.0687. The first-order chi connectivity index (χ1) is 21.1. The number of hydrogen-bond donors (Lipinski definition) is 4. The summed E-state index contributed by atoms with van der Waals surface area (Å²) in [5, 5.41) is 17.5. The van der Waals surface area contributed by atoms with Crippen molar-refractivity contribution >= 4 is 43.4 Å². The van der Waals surface area contributed by atoms with Crippen molar-refractivity contribution in [3.05, 3.63) is 132 Å². The van der Waals surface area contributed by atoms with Gasteiger partial charge in [0, 0.05) is 0 Å². The Bertz CT molecular complexity index is 1720. The van der Waals surface area contributed by atoms with E-state index in [4.69, 9.17) is 5.11 Å². The van der Waals surface area contributed by atoms with Gasteiger partial charge in [0.25, 0.3) is 0 Å². The van der Waals surface area contributed by atoms with Crippen LogP contribution in [0.3, 0.4) is 0 Å². The van der Waals surface area contributed by atoms with E-state index in [9.17, 15) is 31.5 Å². The van der Waals surface area contributed by atoms with Crippen LogP contribution in [0.15, 0.2) is 115 Å². The van der Waals surface area contributed by atoms with Crippen molar-refractivity contribution in [2.45, 2.75) is 39.4 Å². The van der Waals surface area contributed by atoms with Crippen LogP contribution in [0.2, 0.25) is 0 Å². The first-order valence-corrected chi connectivity index (χ1v) is 16.9. The molecule has 0 saturated heterocycles. The first-order valence-electron chi connectivity index (χ1n) is 13.7. The maximum absolute atomic E-state index is 12.4. The smallest absolute Gasteiger partial charge is 0.337 e. The van der Waals surface area contributed by atoms with E-state index in [1.54, 1.807) is 54.7 Å². The van der Waals surface area contributed by atoms with Crippen molar-refractivity contribution in [2.75, 3.05) is 15.2 Å². The Labute approximate surface area is 266 Å². The van der Waals surface area contributed by atoms with Gasteiger partial charge in [0.15, 0.2) is 0 Å². The molecule has 242 valence electrons. The highest BCUT2D eigenvalue weighted by Crippen LogP contribution is 2.21. The van der Waals surface area contributed by atoms with Crippen molar-refractivity contribution in [2.24, 2.45) is 0 Å². The second-order valence-electron chi connectivity index (χ2n) is 9.68. The zero-order chi connectivity index (χ0) is 34.2. The molecule has 0 heterocycles. The van der Waals surface area contributed by atoms with Gasteiger partial charge in [-0.05, 0) is 57.0 Å². The number of allylic oxidation sites excluding steroid dienone is 8. The van der Waals surface area contributed by atoms with E-state index in [-0.39, 0.29) is 28.3 Å². The molecule has 12 heteroatoms. The number of carboxylic acids is 2. The number of sulfonamides is 2. The average molecular weight is 657 g/mol. The summed E-state index contributed by atoms with van der Waals surface area (Å²) in [6.07, 6.45) is 13.8. The van der Waals surface area contributed by atoms with Crippen LogP contribution in [-0.4, -0.2) is 50.0 Å². The quantitative estimate of drug-likeness (QED) is 0.156. The van der Waals surface area contributed by atoms with Gasteiger partial charge in [-0.2, -0.15) is 0 Å². The molecule has 10 nitrogen and oxygen atoms in total. The van der Waals surface area contributed by atoms with Gasteiger partial charge < -0.3 is 10.2 Å². The standard InChI is InChI=1S/C18H23NO4S.C15H17NO4S/c1-5-7-13(3)8-9-14(4)24(22,23)19-17-11-10-15(6-2)12-16(17)18(20)21;1-3-7-12(2)8-6-11-21(19,20)16-14-10-5-4-9-13(14)15(17)18/h5,7-12,14,19H,1,6H2,2-4H3,(H,20,21);3-10,16H,1,11H2,2H3,(H,17,18)/b9-8-,13-7-;8-6-,12-7-. The summed E-state index contributed by atoms with van der Waals surface area (Å²) in [4.78, 5) is 22.4. The lowest BCUT2D eigenvalue weighted by Gasteiger charge is -2.14.